The number of nitrogens with one attached hydrogen (secondary N) is 2. The molecule has 2 fully saturated rings. The molecule has 1 saturated carbocycles. The molecular weight excluding hydrogens is 172 g/mol. The van der Waals surface area contributed by atoms with Crippen LogP contribution in [0.4, 0.5) is 0 Å². The second-order valence-corrected chi connectivity index (χ2v) is 5.13. The van der Waals surface area contributed by atoms with Gasteiger partial charge in [-0.05, 0) is 63.6 Å². The molecule has 82 valence electrons. The maximum absolute atomic E-state index is 3.63. The molecule has 2 N–H and O–H groups in total. The zero-order valence-corrected chi connectivity index (χ0v) is 9.39. The fourth-order valence-electron chi connectivity index (χ4n) is 2.46. The Morgan fingerprint density at radius 2 is 2.29 bits per heavy atom. The van der Waals surface area contributed by atoms with Gasteiger partial charge in [-0.15, -0.1) is 0 Å². The van der Waals surface area contributed by atoms with E-state index in [0.717, 1.165) is 17.9 Å². The van der Waals surface area contributed by atoms with Gasteiger partial charge in [0.15, 0.2) is 0 Å². The van der Waals surface area contributed by atoms with Gasteiger partial charge in [-0.2, -0.15) is 0 Å². The molecule has 1 heterocycles. The highest BCUT2D eigenvalue weighted by molar-refractivity contribution is 4.89. The van der Waals surface area contributed by atoms with Crippen molar-refractivity contribution in [2.24, 2.45) is 11.8 Å². The zero-order chi connectivity index (χ0) is 9.80. The van der Waals surface area contributed by atoms with E-state index in [1.54, 1.807) is 0 Å². The summed E-state index contributed by atoms with van der Waals surface area (Å²) < 4.78 is 0. The summed E-state index contributed by atoms with van der Waals surface area (Å²) in [6.07, 6.45) is 7.03. The minimum absolute atomic E-state index is 0.861. The lowest BCUT2D eigenvalue weighted by molar-refractivity contribution is 0.348. The van der Waals surface area contributed by atoms with Crippen LogP contribution >= 0.6 is 0 Å². The van der Waals surface area contributed by atoms with Crippen molar-refractivity contribution >= 4 is 0 Å². The third-order valence-corrected chi connectivity index (χ3v) is 3.70. The van der Waals surface area contributed by atoms with E-state index >= 15 is 0 Å². The molecule has 2 nitrogen and oxygen atoms in total. The summed E-state index contributed by atoms with van der Waals surface area (Å²) in [7, 11) is 0. The van der Waals surface area contributed by atoms with E-state index in [0.29, 0.717) is 0 Å². The Labute approximate surface area is 87.8 Å². The largest absolute Gasteiger partial charge is 0.316 e. The van der Waals surface area contributed by atoms with E-state index in [2.05, 4.69) is 17.6 Å². The Kier molecular flexibility index (Phi) is 3.82. The molecule has 2 aliphatic rings. The third kappa shape index (κ3) is 3.25. The second-order valence-electron chi connectivity index (χ2n) is 5.13. The van der Waals surface area contributed by atoms with Gasteiger partial charge in [0.2, 0.25) is 0 Å². The number of hydrogen-bond acceptors (Lipinski definition) is 2. The van der Waals surface area contributed by atoms with Gasteiger partial charge >= 0.3 is 0 Å². The molecule has 3 atom stereocenters. The monoisotopic (exact) mass is 196 g/mol. The van der Waals surface area contributed by atoms with Gasteiger partial charge in [-0.3, -0.25) is 0 Å². The molecule has 0 spiro atoms. The highest BCUT2D eigenvalue weighted by atomic mass is 15.0. The number of hydrogen-bond donors (Lipinski definition) is 2. The van der Waals surface area contributed by atoms with Crippen molar-refractivity contribution in [3.63, 3.8) is 0 Å². The SMILES string of the molecule is CC1CC1NCCCC1CCCNC1. The van der Waals surface area contributed by atoms with Crippen LogP contribution in [0.5, 0.6) is 0 Å². The van der Waals surface area contributed by atoms with Gasteiger partial charge in [0, 0.05) is 6.04 Å². The first-order valence-electron chi connectivity index (χ1n) is 6.30. The van der Waals surface area contributed by atoms with Crippen molar-refractivity contribution in [1.29, 1.82) is 0 Å². The van der Waals surface area contributed by atoms with Crippen LogP contribution in [-0.2, 0) is 0 Å². The van der Waals surface area contributed by atoms with E-state index in [-0.39, 0.29) is 0 Å². The molecule has 0 aromatic carbocycles. The number of piperidine rings is 1. The van der Waals surface area contributed by atoms with Crippen molar-refractivity contribution in [2.45, 2.75) is 45.1 Å². The Morgan fingerprint density at radius 1 is 1.43 bits per heavy atom. The van der Waals surface area contributed by atoms with Crippen LogP contribution in [-0.4, -0.2) is 25.7 Å². The fourth-order valence-corrected chi connectivity index (χ4v) is 2.46. The highest BCUT2D eigenvalue weighted by Gasteiger charge is 2.31. The molecule has 0 amide bonds. The average Bonchev–Trinajstić information content (AvgIpc) is 2.91. The highest BCUT2D eigenvalue weighted by Crippen LogP contribution is 2.28. The molecule has 14 heavy (non-hydrogen) atoms. The molecule has 3 unspecified atom stereocenters. The molecule has 2 rings (SSSR count). The summed E-state index contributed by atoms with van der Waals surface area (Å²) in [5.41, 5.74) is 0. The van der Waals surface area contributed by atoms with Crippen LogP contribution in [0.1, 0.15) is 39.0 Å². The number of rotatable bonds is 5. The standard InChI is InChI=1S/C12H24N2/c1-10-8-12(10)14-7-3-5-11-4-2-6-13-9-11/h10-14H,2-9H2,1H3. The first-order valence-corrected chi connectivity index (χ1v) is 6.30. The zero-order valence-electron chi connectivity index (χ0n) is 9.39. The molecule has 1 aliphatic heterocycles. The van der Waals surface area contributed by atoms with E-state index in [1.165, 1.54) is 51.7 Å². The van der Waals surface area contributed by atoms with Gasteiger partial charge in [0.25, 0.3) is 0 Å². The first-order chi connectivity index (χ1) is 6.86. The van der Waals surface area contributed by atoms with Gasteiger partial charge < -0.3 is 10.6 Å². The quantitative estimate of drug-likeness (QED) is 0.655. The van der Waals surface area contributed by atoms with Gasteiger partial charge in [0.05, 0.1) is 0 Å². The van der Waals surface area contributed by atoms with Gasteiger partial charge in [0.1, 0.15) is 0 Å². The minimum Gasteiger partial charge on any atom is -0.316 e. The predicted molar refractivity (Wildman–Crippen MR) is 60.4 cm³/mol. The molecule has 0 aromatic heterocycles. The van der Waals surface area contributed by atoms with Crippen LogP contribution in [0, 0.1) is 11.8 Å². The van der Waals surface area contributed by atoms with Crippen molar-refractivity contribution in [3.05, 3.63) is 0 Å². The van der Waals surface area contributed by atoms with Crippen LogP contribution < -0.4 is 10.6 Å². The lowest BCUT2D eigenvalue weighted by atomic mass is 9.95. The molecular formula is C12H24N2. The van der Waals surface area contributed by atoms with Crippen LogP contribution in [0.15, 0.2) is 0 Å². The van der Waals surface area contributed by atoms with Crippen LogP contribution in [0.3, 0.4) is 0 Å². The normalized spacial score (nSPS) is 37.1. The molecule has 1 saturated heterocycles. The Balaban J connectivity index is 1.45. The predicted octanol–water partition coefficient (Wildman–Crippen LogP) is 1.76. The summed E-state index contributed by atoms with van der Waals surface area (Å²) in [6, 6.07) is 0.861. The smallest absolute Gasteiger partial charge is 0.00963 e. The Morgan fingerprint density at radius 3 is 2.93 bits per heavy atom. The second kappa shape index (κ2) is 5.13. The lowest BCUT2D eigenvalue weighted by Gasteiger charge is -2.22. The molecule has 0 radical (unpaired) electrons. The van der Waals surface area contributed by atoms with Crippen molar-refractivity contribution in [2.75, 3.05) is 19.6 Å². The third-order valence-electron chi connectivity index (χ3n) is 3.70. The average molecular weight is 196 g/mol. The van der Waals surface area contributed by atoms with E-state index in [4.69, 9.17) is 0 Å². The Bertz CT molecular complexity index is 164. The topological polar surface area (TPSA) is 24.1 Å². The summed E-state index contributed by atoms with van der Waals surface area (Å²) in [5, 5.41) is 7.11. The molecule has 0 bridgehead atoms. The van der Waals surface area contributed by atoms with E-state index < -0.39 is 0 Å². The van der Waals surface area contributed by atoms with Crippen molar-refractivity contribution < 1.29 is 0 Å². The fraction of sp³-hybridized carbons (Fsp3) is 1.00. The maximum Gasteiger partial charge on any atom is 0.00963 e. The van der Waals surface area contributed by atoms with Crippen LogP contribution in [0.25, 0.3) is 0 Å². The maximum atomic E-state index is 3.63. The lowest BCUT2D eigenvalue weighted by Crippen LogP contribution is -2.30. The van der Waals surface area contributed by atoms with Gasteiger partial charge in [-0.1, -0.05) is 6.92 Å². The summed E-state index contributed by atoms with van der Waals surface area (Å²) in [4.78, 5) is 0. The molecule has 2 heteroatoms. The summed E-state index contributed by atoms with van der Waals surface area (Å²) in [5.74, 6) is 1.91. The van der Waals surface area contributed by atoms with Crippen molar-refractivity contribution in [3.8, 4) is 0 Å². The first kappa shape index (κ1) is 10.4. The Hall–Kier alpha value is -0.0800. The molecule has 0 aromatic rings. The van der Waals surface area contributed by atoms with Gasteiger partial charge in [-0.25, -0.2) is 0 Å². The van der Waals surface area contributed by atoms with Crippen molar-refractivity contribution in [1.82, 2.24) is 10.6 Å². The summed E-state index contributed by atoms with van der Waals surface area (Å²) >= 11 is 0. The van der Waals surface area contributed by atoms with Crippen LogP contribution in [0.2, 0.25) is 0 Å². The summed E-state index contributed by atoms with van der Waals surface area (Å²) in [6.45, 7) is 6.09. The minimum atomic E-state index is 0.861. The molecule has 1 aliphatic carbocycles. The van der Waals surface area contributed by atoms with E-state index in [1.807, 2.05) is 0 Å². The van der Waals surface area contributed by atoms with E-state index in [9.17, 15) is 0 Å².